The number of H-pyrrole nitrogens is 1. The van der Waals surface area contributed by atoms with E-state index in [1.54, 1.807) is 12.4 Å². The van der Waals surface area contributed by atoms with E-state index in [1.807, 2.05) is 0 Å². The number of benzene rings is 1. The Morgan fingerprint density at radius 1 is 1.47 bits per heavy atom. The quantitative estimate of drug-likeness (QED) is 0.629. The number of halogens is 1. The summed E-state index contributed by atoms with van der Waals surface area (Å²) in [6.07, 6.45) is 5.83. The van der Waals surface area contributed by atoms with Crippen molar-refractivity contribution in [2.75, 3.05) is 0 Å². The van der Waals surface area contributed by atoms with Gasteiger partial charge in [0.15, 0.2) is 5.78 Å². The van der Waals surface area contributed by atoms with Gasteiger partial charge in [0, 0.05) is 12.4 Å². The summed E-state index contributed by atoms with van der Waals surface area (Å²) in [5.74, 6) is -0.800. The van der Waals surface area contributed by atoms with Gasteiger partial charge in [0.25, 0.3) is 0 Å². The Bertz CT molecular complexity index is 562. The Labute approximate surface area is 96.4 Å². The van der Waals surface area contributed by atoms with Crippen molar-refractivity contribution in [1.29, 1.82) is 0 Å². The Balaban J connectivity index is 2.23. The normalized spacial score (nSPS) is 10.9. The van der Waals surface area contributed by atoms with Crippen LogP contribution in [0.25, 0.3) is 6.08 Å². The molecule has 0 amide bonds. The minimum Gasteiger partial charge on any atom is -0.507 e. The molecule has 0 saturated carbocycles. The molecule has 0 aliphatic heterocycles. The number of hydrogen-bond donors (Lipinski definition) is 2. The van der Waals surface area contributed by atoms with E-state index in [9.17, 15) is 14.3 Å². The number of phenolic OH excluding ortho intramolecular Hbond substituents is 1. The molecule has 1 aromatic carbocycles. The molecule has 2 aromatic rings. The zero-order chi connectivity index (χ0) is 12.3. The van der Waals surface area contributed by atoms with Gasteiger partial charge in [-0.1, -0.05) is 0 Å². The Morgan fingerprint density at radius 2 is 2.29 bits per heavy atom. The van der Waals surface area contributed by atoms with E-state index in [2.05, 4.69) is 9.97 Å². The summed E-state index contributed by atoms with van der Waals surface area (Å²) in [7, 11) is 0. The van der Waals surface area contributed by atoms with E-state index in [1.165, 1.54) is 12.2 Å². The molecule has 1 heterocycles. The number of imidazole rings is 1. The van der Waals surface area contributed by atoms with Crippen LogP contribution in [0.2, 0.25) is 0 Å². The van der Waals surface area contributed by atoms with E-state index >= 15 is 0 Å². The average molecular weight is 232 g/mol. The van der Waals surface area contributed by atoms with Crippen LogP contribution in [0, 0.1) is 5.82 Å². The number of aromatic amines is 1. The number of hydrogen-bond acceptors (Lipinski definition) is 3. The second kappa shape index (κ2) is 4.61. The highest BCUT2D eigenvalue weighted by atomic mass is 19.1. The molecular weight excluding hydrogens is 223 g/mol. The fourth-order valence-corrected chi connectivity index (χ4v) is 1.32. The molecule has 2 rings (SSSR count). The van der Waals surface area contributed by atoms with Crippen molar-refractivity contribution in [3.8, 4) is 5.75 Å². The van der Waals surface area contributed by atoms with Gasteiger partial charge in [-0.05, 0) is 30.4 Å². The average Bonchev–Trinajstić information content (AvgIpc) is 2.82. The molecule has 0 radical (unpaired) electrons. The van der Waals surface area contributed by atoms with Crippen LogP contribution < -0.4 is 0 Å². The number of phenols is 1. The van der Waals surface area contributed by atoms with Gasteiger partial charge in [0.2, 0.25) is 0 Å². The Hall–Kier alpha value is -2.43. The number of nitrogens with zero attached hydrogens (tertiary/aromatic N) is 1. The highest BCUT2D eigenvalue weighted by molar-refractivity contribution is 6.08. The van der Waals surface area contributed by atoms with Crippen LogP contribution in [-0.2, 0) is 0 Å². The number of rotatable bonds is 3. The molecule has 0 bridgehead atoms. The van der Waals surface area contributed by atoms with Gasteiger partial charge < -0.3 is 10.1 Å². The lowest BCUT2D eigenvalue weighted by Gasteiger charge is -1.99. The first-order chi connectivity index (χ1) is 8.16. The Morgan fingerprint density at radius 3 is 3.00 bits per heavy atom. The largest absolute Gasteiger partial charge is 0.507 e. The maximum atomic E-state index is 12.9. The molecule has 4 nitrogen and oxygen atoms in total. The van der Waals surface area contributed by atoms with Crippen molar-refractivity contribution in [1.82, 2.24) is 9.97 Å². The number of aromatic hydroxyl groups is 1. The van der Waals surface area contributed by atoms with Crippen LogP contribution in [0.15, 0.2) is 36.7 Å². The van der Waals surface area contributed by atoms with Crippen LogP contribution in [0.1, 0.15) is 16.2 Å². The number of nitrogens with one attached hydrogen (secondary N) is 1. The number of carbonyl (C=O) groups excluding carboxylic acids is 1. The summed E-state index contributed by atoms with van der Waals surface area (Å²) in [6, 6.07) is 3.22. The lowest BCUT2D eigenvalue weighted by Crippen LogP contribution is -1.96. The topological polar surface area (TPSA) is 66.0 Å². The first-order valence-corrected chi connectivity index (χ1v) is 4.87. The number of carbonyl (C=O) groups is 1. The predicted octanol–water partition coefficient (Wildman–Crippen LogP) is 2.15. The van der Waals surface area contributed by atoms with Gasteiger partial charge in [-0.25, -0.2) is 9.37 Å². The molecular formula is C12H9FN2O2. The minimum absolute atomic E-state index is 0.0761. The third-order valence-corrected chi connectivity index (χ3v) is 2.14. The molecule has 0 spiro atoms. The standard InChI is InChI=1S/C12H9FN2O2/c13-8-1-2-10(16)9(7-8)11(17)3-4-12-14-5-6-15-12/h1-7,16H,(H,14,15)/b4-3+. The molecule has 1 aromatic heterocycles. The van der Waals surface area contributed by atoms with Crippen LogP contribution in [0.4, 0.5) is 4.39 Å². The molecule has 5 heteroatoms. The molecule has 0 fully saturated rings. The molecule has 0 atom stereocenters. The molecule has 17 heavy (non-hydrogen) atoms. The first-order valence-electron chi connectivity index (χ1n) is 4.87. The zero-order valence-electron chi connectivity index (χ0n) is 8.72. The lowest BCUT2D eigenvalue weighted by molar-refractivity contribution is 0.104. The van der Waals surface area contributed by atoms with Gasteiger partial charge in [0.05, 0.1) is 5.56 Å². The first kappa shape index (κ1) is 11.1. The second-order valence-electron chi connectivity index (χ2n) is 3.33. The predicted molar refractivity (Wildman–Crippen MR) is 60.0 cm³/mol. The van der Waals surface area contributed by atoms with E-state index in [-0.39, 0.29) is 11.3 Å². The van der Waals surface area contributed by atoms with Crippen LogP contribution in [-0.4, -0.2) is 20.9 Å². The molecule has 0 aliphatic rings. The van der Waals surface area contributed by atoms with Crippen LogP contribution in [0.3, 0.4) is 0 Å². The van der Waals surface area contributed by atoms with Crippen LogP contribution >= 0.6 is 0 Å². The monoisotopic (exact) mass is 232 g/mol. The highest BCUT2D eigenvalue weighted by Crippen LogP contribution is 2.18. The van der Waals surface area contributed by atoms with Gasteiger partial charge in [-0.3, -0.25) is 4.79 Å². The fraction of sp³-hybridized carbons (Fsp3) is 0. The summed E-state index contributed by atoms with van der Waals surface area (Å²) < 4.78 is 12.9. The molecule has 0 aliphatic carbocycles. The van der Waals surface area contributed by atoms with Crippen molar-refractivity contribution in [3.05, 3.63) is 53.9 Å². The van der Waals surface area contributed by atoms with E-state index in [0.717, 1.165) is 18.2 Å². The summed E-state index contributed by atoms with van der Waals surface area (Å²) in [6.45, 7) is 0. The number of allylic oxidation sites excluding steroid dienone is 1. The van der Waals surface area contributed by atoms with Crippen molar-refractivity contribution in [2.24, 2.45) is 0 Å². The lowest BCUT2D eigenvalue weighted by atomic mass is 10.1. The van der Waals surface area contributed by atoms with E-state index in [4.69, 9.17) is 0 Å². The zero-order valence-corrected chi connectivity index (χ0v) is 8.72. The summed E-state index contributed by atoms with van der Waals surface area (Å²) in [4.78, 5) is 18.3. The van der Waals surface area contributed by atoms with Crippen LogP contribution in [0.5, 0.6) is 5.75 Å². The maximum Gasteiger partial charge on any atom is 0.189 e. The molecule has 0 unspecified atom stereocenters. The van der Waals surface area contributed by atoms with Gasteiger partial charge in [-0.15, -0.1) is 0 Å². The number of ketones is 1. The third-order valence-electron chi connectivity index (χ3n) is 2.14. The number of aromatic nitrogens is 2. The fourth-order valence-electron chi connectivity index (χ4n) is 1.32. The van der Waals surface area contributed by atoms with E-state index < -0.39 is 11.6 Å². The van der Waals surface area contributed by atoms with E-state index in [0.29, 0.717) is 5.82 Å². The van der Waals surface area contributed by atoms with Crippen molar-refractivity contribution in [2.45, 2.75) is 0 Å². The molecule has 2 N–H and O–H groups in total. The third kappa shape index (κ3) is 2.57. The van der Waals surface area contributed by atoms with Crippen molar-refractivity contribution >= 4 is 11.9 Å². The minimum atomic E-state index is -0.572. The SMILES string of the molecule is O=C(/C=C/c1ncc[nH]1)c1cc(F)ccc1O. The second-order valence-corrected chi connectivity index (χ2v) is 3.33. The van der Waals surface area contributed by atoms with Crippen molar-refractivity contribution in [3.63, 3.8) is 0 Å². The highest BCUT2D eigenvalue weighted by Gasteiger charge is 2.09. The van der Waals surface area contributed by atoms with Gasteiger partial charge in [0.1, 0.15) is 17.4 Å². The summed E-state index contributed by atoms with van der Waals surface area (Å²) in [5, 5.41) is 9.42. The molecule has 86 valence electrons. The van der Waals surface area contributed by atoms with Crippen molar-refractivity contribution < 1.29 is 14.3 Å². The Kier molecular flexibility index (Phi) is 3.00. The summed E-state index contributed by atoms with van der Waals surface area (Å²) in [5.41, 5.74) is -0.0761. The maximum absolute atomic E-state index is 12.9. The van der Waals surface area contributed by atoms with Gasteiger partial charge >= 0.3 is 0 Å². The molecule has 0 saturated heterocycles. The van der Waals surface area contributed by atoms with Gasteiger partial charge in [-0.2, -0.15) is 0 Å². The summed E-state index contributed by atoms with van der Waals surface area (Å²) >= 11 is 0. The smallest absolute Gasteiger partial charge is 0.189 e.